The molecule has 0 spiro atoms. The standard InChI is InChI=1S/C24H30F3NOS/c1-4-6-10-28(11-7-5-2)15-22(29)21-13-17-8-9-18(24(25,26)27)14-19(17)20-12-16(3)30-23(20)21/h8-9,12-14,22,29H,4-7,10-11,15H2,1-3H3. The average molecular weight is 438 g/mol. The van der Waals surface area contributed by atoms with Gasteiger partial charge in [0.05, 0.1) is 11.7 Å². The van der Waals surface area contributed by atoms with Gasteiger partial charge in [0, 0.05) is 27.1 Å². The number of nitrogens with zero attached hydrogens (tertiary/aromatic N) is 1. The van der Waals surface area contributed by atoms with Crippen LogP contribution in [0.15, 0.2) is 30.3 Å². The molecular weight excluding hydrogens is 407 g/mol. The van der Waals surface area contributed by atoms with E-state index in [2.05, 4.69) is 18.7 Å². The summed E-state index contributed by atoms with van der Waals surface area (Å²) in [7, 11) is 0. The third kappa shape index (κ3) is 5.16. The third-order valence-electron chi connectivity index (χ3n) is 5.55. The lowest BCUT2D eigenvalue weighted by Gasteiger charge is -2.25. The molecule has 0 aliphatic carbocycles. The second-order valence-corrected chi connectivity index (χ2v) is 9.28. The summed E-state index contributed by atoms with van der Waals surface area (Å²) >= 11 is 1.54. The van der Waals surface area contributed by atoms with Crippen LogP contribution in [0.3, 0.4) is 0 Å². The molecule has 0 saturated carbocycles. The highest BCUT2D eigenvalue weighted by molar-refractivity contribution is 7.19. The minimum Gasteiger partial charge on any atom is -0.387 e. The van der Waals surface area contributed by atoms with Crippen LogP contribution < -0.4 is 0 Å². The molecule has 0 amide bonds. The Kier molecular flexibility index (Phi) is 7.43. The maximum atomic E-state index is 13.2. The molecule has 0 bridgehead atoms. The predicted molar refractivity (Wildman–Crippen MR) is 120 cm³/mol. The molecule has 164 valence electrons. The van der Waals surface area contributed by atoms with Crippen molar-refractivity contribution in [1.82, 2.24) is 4.90 Å². The predicted octanol–water partition coefficient (Wildman–Crippen LogP) is 7.32. The van der Waals surface area contributed by atoms with E-state index in [1.807, 2.05) is 19.1 Å². The van der Waals surface area contributed by atoms with Crippen LogP contribution in [0.4, 0.5) is 13.2 Å². The fourth-order valence-corrected chi connectivity index (χ4v) is 4.99. The van der Waals surface area contributed by atoms with Crippen molar-refractivity contribution in [3.8, 4) is 0 Å². The molecule has 3 rings (SSSR count). The molecule has 0 radical (unpaired) electrons. The smallest absolute Gasteiger partial charge is 0.387 e. The molecule has 1 N–H and O–H groups in total. The van der Waals surface area contributed by atoms with Crippen molar-refractivity contribution in [3.05, 3.63) is 46.3 Å². The highest BCUT2D eigenvalue weighted by Crippen LogP contribution is 2.40. The SMILES string of the molecule is CCCCN(CCCC)CC(O)c1cc2ccc(C(F)(F)F)cc2c2cc(C)sc12. The van der Waals surface area contributed by atoms with E-state index in [1.54, 1.807) is 0 Å². The van der Waals surface area contributed by atoms with Crippen LogP contribution in [-0.4, -0.2) is 29.6 Å². The number of aryl methyl sites for hydroxylation is 1. The topological polar surface area (TPSA) is 23.5 Å². The Hall–Kier alpha value is -1.63. The molecule has 3 aromatic rings. The Bertz CT molecular complexity index is 987. The number of aliphatic hydroxyl groups excluding tert-OH is 1. The van der Waals surface area contributed by atoms with Gasteiger partial charge in [0.25, 0.3) is 0 Å². The molecule has 1 unspecified atom stereocenters. The maximum Gasteiger partial charge on any atom is 0.416 e. The first-order valence-electron chi connectivity index (χ1n) is 10.7. The van der Waals surface area contributed by atoms with Crippen LogP contribution in [0.25, 0.3) is 20.9 Å². The minimum atomic E-state index is -4.37. The lowest BCUT2D eigenvalue weighted by molar-refractivity contribution is -0.137. The van der Waals surface area contributed by atoms with E-state index in [4.69, 9.17) is 0 Å². The van der Waals surface area contributed by atoms with Gasteiger partial charge in [-0.15, -0.1) is 11.3 Å². The normalized spacial score (nSPS) is 13.6. The number of aliphatic hydroxyl groups is 1. The van der Waals surface area contributed by atoms with E-state index < -0.39 is 17.8 Å². The Balaban J connectivity index is 2.02. The van der Waals surface area contributed by atoms with Crippen LogP contribution in [0.2, 0.25) is 0 Å². The van der Waals surface area contributed by atoms with Gasteiger partial charge in [-0.25, -0.2) is 0 Å². The van der Waals surface area contributed by atoms with Gasteiger partial charge in [0.15, 0.2) is 0 Å². The Labute approximate surface area is 180 Å². The third-order valence-corrected chi connectivity index (χ3v) is 6.64. The number of halogens is 3. The van der Waals surface area contributed by atoms with Crippen molar-refractivity contribution >= 4 is 32.2 Å². The highest BCUT2D eigenvalue weighted by atomic mass is 32.1. The van der Waals surface area contributed by atoms with Gasteiger partial charge in [-0.2, -0.15) is 13.2 Å². The van der Waals surface area contributed by atoms with Gasteiger partial charge in [-0.1, -0.05) is 32.8 Å². The number of rotatable bonds is 9. The number of unbranched alkanes of at least 4 members (excludes halogenated alkanes) is 2. The van der Waals surface area contributed by atoms with Gasteiger partial charge < -0.3 is 10.0 Å². The summed E-state index contributed by atoms with van der Waals surface area (Å²) in [5.41, 5.74) is 0.173. The number of fused-ring (bicyclic) bond motifs is 3. The first-order valence-corrected chi connectivity index (χ1v) is 11.5. The number of hydrogen-bond donors (Lipinski definition) is 1. The molecule has 2 nitrogen and oxygen atoms in total. The van der Waals surface area contributed by atoms with E-state index in [9.17, 15) is 18.3 Å². The van der Waals surface area contributed by atoms with Gasteiger partial charge in [-0.05, 0) is 67.9 Å². The number of thiophene rings is 1. The first kappa shape index (κ1) is 23.0. The molecule has 0 aliphatic heterocycles. The fourth-order valence-electron chi connectivity index (χ4n) is 3.90. The first-order chi connectivity index (χ1) is 14.2. The lowest BCUT2D eigenvalue weighted by Crippen LogP contribution is -2.30. The molecule has 2 aromatic carbocycles. The molecular formula is C24H30F3NOS. The molecule has 6 heteroatoms. The summed E-state index contributed by atoms with van der Waals surface area (Å²) < 4.78 is 40.6. The van der Waals surface area contributed by atoms with Crippen LogP contribution in [0.1, 0.15) is 61.6 Å². The minimum absolute atomic E-state index is 0.540. The summed E-state index contributed by atoms with van der Waals surface area (Å²) in [6, 6.07) is 7.68. The molecule has 0 aliphatic rings. The molecule has 1 heterocycles. The lowest BCUT2D eigenvalue weighted by atomic mass is 9.97. The van der Waals surface area contributed by atoms with E-state index in [0.717, 1.165) is 70.8 Å². The Morgan fingerprint density at radius 3 is 2.27 bits per heavy atom. The van der Waals surface area contributed by atoms with Crippen LogP contribution >= 0.6 is 11.3 Å². The molecule has 0 saturated heterocycles. The Morgan fingerprint density at radius 2 is 1.67 bits per heavy atom. The van der Waals surface area contributed by atoms with Crippen LogP contribution in [0, 0.1) is 6.92 Å². The van der Waals surface area contributed by atoms with Crippen molar-refractivity contribution in [2.75, 3.05) is 19.6 Å². The Morgan fingerprint density at radius 1 is 1.00 bits per heavy atom. The van der Waals surface area contributed by atoms with E-state index in [1.165, 1.54) is 23.5 Å². The van der Waals surface area contributed by atoms with E-state index in [-0.39, 0.29) is 0 Å². The summed E-state index contributed by atoms with van der Waals surface area (Å²) in [6.07, 6.45) is -0.673. The molecule has 1 atom stereocenters. The fraction of sp³-hybridized carbons (Fsp3) is 0.500. The van der Waals surface area contributed by atoms with E-state index >= 15 is 0 Å². The number of benzene rings is 2. The van der Waals surface area contributed by atoms with Crippen LogP contribution in [-0.2, 0) is 6.18 Å². The van der Waals surface area contributed by atoms with Crippen molar-refractivity contribution in [1.29, 1.82) is 0 Å². The molecule has 0 fully saturated rings. The highest BCUT2D eigenvalue weighted by Gasteiger charge is 2.31. The largest absolute Gasteiger partial charge is 0.416 e. The van der Waals surface area contributed by atoms with Gasteiger partial charge in [0.2, 0.25) is 0 Å². The quantitative estimate of drug-likeness (QED) is 0.379. The van der Waals surface area contributed by atoms with E-state index in [0.29, 0.717) is 11.9 Å². The van der Waals surface area contributed by atoms with Gasteiger partial charge in [-0.3, -0.25) is 0 Å². The second kappa shape index (κ2) is 9.67. The molecule has 30 heavy (non-hydrogen) atoms. The van der Waals surface area contributed by atoms with Crippen LogP contribution in [0.5, 0.6) is 0 Å². The second-order valence-electron chi connectivity index (χ2n) is 8.02. The maximum absolute atomic E-state index is 13.2. The summed E-state index contributed by atoms with van der Waals surface area (Å²) in [4.78, 5) is 3.33. The summed E-state index contributed by atoms with van der Waals surface area (Å²) in [5.74, 6) is 0. The van der Waals surface area contributed by atoms with Crippen molar-refractivity contribution in [2.45, 2.75) is 58.7 Å². The van der Waals surface area contributed by atoms with Crippen molar-refractivity contribution in [2.24, 2.45) is 0 Å². The number of alkyl halides is 3. The van der Waals surface area contributed by atoms with Gasteiger partial charge >= 0.3 is 6.18 Å². The summed E-state index contributed by atoms with van der Waals surface area (Å²) in [6.45, 7) is 8.70. The summed E-state index contributed by atoms with van der Waals surface area (Å²) in [5, 5.41) is 13.2. The van der Waals surface area contributed by atoms with Gasteiger partial charge in [0.1, 0.15) is 0 Å². The zero-order chi connectivity index (χ0) is 21.9. The monoisotopic (exact) mass is 437 g/mol. The van der Waals surface area contributed by atoms with Crippen molar-refractivity contribution in [3.63, 3.8) is 0 Å². The zero-order valence-electron chi connectivity index (χ0n) is 17.9. The molecule has 1 aromatic heterocycles. The van der Waals surface area contributed by atoms with Crippen molar-refractivity contribution < 1.29 is 18.3 Å². The number of hydrogen-bond acceptors (Lipinski definition) is 3. The zero-order valence-corrected chi connectivity index (χ0v) is 18.7. The average Bonchev–Trinajstić information content (AvgIpc) is 3.09.